The molecule has 0 aliphatic carbocycles. The van der Waals surface area contributed by atoms with Crippen molar-refractivity contribution in [2.24, 2.45) is 0 Å². The summed E-state index contributed by atoms with van der Waals surface area (Å²) in [5.41, 5.74) is -0.498. The Morgan fingerprint density at radius 1 is 0.795 bits per heavy atom. The van der Waals surface area contributed by atoms with Crippen molar-refractivity contribution in [1.82, 2.24) is 19.9 Å². The summed E-state index contributed by atoms with van der Waals surface area (Å²) < 4.78 is 43.5. The Labute approximate surface area is 244 Å². The van der Waals surface area contributed by atoms with E-state index < -0.39 is 90.5 Å². The van der Waals surface area contributed by atoms with Crippen LogP contribution < -0.4 is 18.9 Å². The van der Waals surface area contributed by atoms with Gasteiger partial charge in [-0.05, 0) is 24.3 Å². The molecule has 4 rings (SSSR count). The highest BCUT2D eigenvalue weighted by molar-refractivity contribution is 7.92. The highest BCUT2D eigenvalue weighted by Crippen LogP contribution is 2.57. The van der Waals surface area contributed by atoms with Gasteiger partial charge in [-0.25, -0.2) is 9.97 Å². The van der Waals surface area contributed by atoms with Crippen molar-refractivity contribution in [1.29, 1.82) is 0 Å². The number of methoxy groups -OCH3 is 1. The Bertz CT molecular complexity index is 1790. The number of rotatable bonds is 10. The van der Waals surface area contributed by atoms with Crippen molar-refractivity contribution in [2.45, 2.75) is 17.2 Å². The first-order valence-corrected chi connectivity index (χ1v) is 13.0. The van der Waals surface area contributed by atoms with Gasteiger partial charge in [0.15, 0.2) is 16.7 Å². The fourth-order valence-electron chi connectivity index (χ4n) is 3.38. The molecule has 0 spiro atoms. The molecule has 0 aliphatic heterocycles. The molecule has 0 saturated heterocycles. The van der Waals surface area contributed by atoms with Crippen molar-refractivity contribution >= 4 is 15.8 Å². The lowest BCUT2D eigenvalue weighted by molar-refractivity contribution is -0.420. The predicted molar refractivity (Wildman–Crippen MR) is 138 cm³/mol. The first-order chi connectivity index (χ1) is 20.4. The number of nitrogens with one attached hydrogen (secondary N) is 1. The summed E-state index contributed by atoms with van der Waals surface area (Å²) in [6.45, 7) is 0. The second-order valence-electron chi connectivity index (χ2n) is 8.43. The molecule has 234 valence electrons. The van der Waals surface area contributed by atoms with Crippen molar-refractivity contribution in [3.05, 3.63) is 48.4 Å². The van der Waals surface area contributed by atoms with Gasteiger partial charge in [-0.2, -0.15) is 13.4 Å². The summed E-state index contributed by atoms with van der Waals surface area (Å²) in [5.74, 6) is -13.9. The molecule has 21 heteroatoms. The maximum atomic E-state index is 13.3. The fraction of sp³-hybridized carbons (Fsp3) is 0.130. The van der Waals surface area contributed by atoms with Gasteiger partial charge >= 0.3 is 12.1 Å². The standard InChI is InChI=1S/C23H21N5O15S/c1-41-16-14(31)12(29)13(30)15(32)17(16)42-18-20(28-44(39,40)11-3-2-10(8-25-11)22(33,34)35)26-19(9-4-6-24-7-5-9)27-21(18)43-23(36,37)38/h2-8,29-38H,1H3,(H,26,27,28). The number of aromatic hydroxyl groups is 4. The number of aromatic nitrogens is 4. The van der Waals surface area contributed by atoms with Crippen molar-refractivity contribution in [3.63, 3.8) is 0 Å². The van der Waals surface area contributed by atoms with E-state index in [2.05, 4.69) is 24.7 Å². The summed E-state index contributed by atoms with van der Waals surface area (Å²) in [6, 6.07) is 4.19. The smallest absolute Gasteiger partial charge is 0.454 e. The van der Waals surface area contributed by atoms with Crippen LogP contribution in [0, 0.1) is 0 Å². The number of benzene rings is 1. The normalized spacial score (nSPS) is 12.1. The SMILES string of the molecule is COc1c(O)c(O)c(O)c(O)c1Oc1c(NS(=O)(=O)c2ccc(C(O)(O)O)cn2)nc(-c2ccncc2)nc1OC(O)(O)O. The van der Waals surface area contributed by atoms with Gasteiger partial charge in [0.1, 0.15) is 0 Å². The Morgan fingerprint density at radius 2 is 1.41 bits per heavy atom. The summed E-state index contributed by atoms with van der Waals surface area (Å²) >= 11 is 0. The van der Waals surface area contributed by atoms with Crippen LogP contribution in [0.3, 0.4) is 0 Å². The molecule has 3 aromatic heterocycles. The maximum Gasteiger partial charge on any atom is 0.454 e. The number of aliphatic hydroxyl groups is 6. The molecule has 0 radical (unpaired) electrons. The zero-order chi connectivity index (χ0) is 32.6. The lowest BCUT2D eigenvalue weighted by Crippen LogP contribution is -2.35. The Hall–Kier alpha value is -5.29. The van der Waals surface area contributed by atoms with Crippen LogP contribution in [0.2, 0.25) is 0 Å². The Morgan fingerprint density at radius 3 is 1.93 bits per heavy atom. The quantitative estimate of drug-likeness (QED) is 0.0529. The number of pyridine rings is 2. The van der Waals surface area contributed by atoms with Gasteiger partial charge in [-0.3, -0.25) is 9.71 Å². The van der Waals surface area contributed by atoms with Crippen LogP contribution in [0.1, 0.15) is 5.56 Å². The Kier molecular flexibility index (Phi) is 8.21. The van der Waals surface area contributed by atoms with E-state index in [-0.39, 0.29) is 5.56 Å². The van der Waals surface area contributed by atoms with Gasteiger partial charge in [0.05, 0.1) is 12.7 Å². The van der Waals surface area contributed by atoms with Crippen LogP contribution in [0.25, 0.3) is 11.4 Å². The highest BCUT2D eigenvalue weighted by Gasteiger charge is 2.34. The minimum Gasteiger partial charge on any atom is -0.502 e. The second-order valence-corrected chi connectivity index (χ2v) is 10.1. The first-order valence-electron chi connectivity index (χ1n) is 11.5. The molecule has 20 nitrogen and oxygen atoms in total. The van der Waals surface area contributed by atoms with Gasteiger partial charge in [-0.15, -0.1) is 0 Å². The van der Waals surface area contributed by atoms with E-state index in [9.17, 15) is 59.5 Å². The predicted octanol–water partition coefficient (Wildman–Crippen LogP) is -1.59. The van der Waals surface area contributed by atoms with Crippen molar-refractivity contribution in [3.8, 4) is 57.5 Å². The first kappa shape index (κ1) is 31.6. The molecule has 44 heavy (non-hydrogen) atoms. The second kappa shape index (κ2) is 11.4. The summed E-state index contributed by atoms with van der Waals surface area (Å²) in [6.07, 6.45) is -0.832. The molecule has 0 unspecified atom stereocenters. The van der Waals surface area contributed by atoms with E-state index >= 15 is 0 Å². The van der Waals surface area contributed by atoms with Crippen LogP contribution in [-0.2, 0) is 16.0 Å². The number of hydrogen-bond donors (Lipinski definition) is 11. The van der Waals surface area contributed by atoms with Gasteiger partial charge in [0.25, 0.3) is 15.9 Å². The molecule has 11 N–H and O–H groups in total. The van der Waals surface area contributed by atoms with Crippen LogP contribution in [0.15, 0.2) is 47.9 Å². The van der Waals surface area contributed by atoms with E-state index in [1.807, 2.05) is 4.72 Å². The number of hydrogen-bond acceptors (Lipinski definition) is 19. The minimum absolute atomic E-state index is 0.115. The largest absolute Gasteiger partial charge is 0.502 e. The molecular weight excluding hydrogens is 618 g/mol. The Balaban J connectivity index is 1.98. The maximum absolute atomic E-state index is 13.3. The lowest BCUT2D eigenvalue weighted by atomic mass is 10.2. The van der Waals surface area contributed by atoms with Crippen LogP contribution in [0.4, 0.5) is 5.82 Å². The third kappa shape index (κ3) is 6.52. The molecule has 0 fully saturated rings. The summed E-state index contributed by atoms with van der Waals surface area (Å²) in [4.78, 5) is 15.2. The van der Waals surface area contributed by atoms with Gasteiger partial charge < -0.3 is 65.3 Å². The van der Waals surface area contributed by atoms with Crippen LogP contribution >= 0.6 is 0 Å². The molecule has 0 atom stereocenters. The summed E-state index contributed by atoms with van der Waals surface area (Å²) in [5, 5.41) is 96.3. The van der Waals surface area contributed by atoms with E-state index in [0.29, 0.717) is 6.20 Å². The number of phenols is 4. The van der Waals surface area contributed by atoms with Crippen molar-refractivity contribution in [2.75, 3.05) is 11.8 Å². The molecule has 4 aromatic rings. The average Bonchev–Trinajstić information content (AvgIpc) is 2.95. The third-order valence-corrected chi connectivity index (χ3v) is 6.61. The molecule has 0 aliphatic rings. The van der Waals surface area contributed by atoms with Crippen LogP contribution in [0.5, 0.6) is 46.1 Å². The highest BCUT2D eigenvalue weighted by atomic mass is 32.2. The number of phenolic OH excluding ortho intramolecular Hbond substituents is 4. The molecule has 0 amide bonds. The van der Waals surface area contributed by atoms with E-state index in [1.165, 1.54) is 24.5 Å². The molecule has 1 aromatic carbocycles. The van der Waals surface area contributed by atoms with Crippen LogP contribution in [-0.4, -0.2) is 92.7 Å². The third-order valence-electron chi connectivity index (χ3n) is 5.35. The molecule has 0 saturated carbocycles. The number of nitrogens with zero attached hydrogens (tertiary/aromatic N) is 4. The molecule has 3 heterocycles. The van der Waals surface area contributed by atoms with E-state index in [1.54, 1.807) is 0 Å². The topological polar surface area (TPSA) is 328 Å². The average molecular weight is 640 g/mol. The van der Waals surface area contributed by atoms with E-state index in [4.69, 9.17) is 9.47 Å². The summed E-state index contributed by atoms with van der Waals surface area (Å²) in [7, 11) is -3.93. The minimum atomic E-state index is -4.86. The number of ether oxygens (including phenoxy) is 3. The van der Waals surface area contributed by atoms with Gasteiger partial charge in [-0.1, -0.05) is 0 Å². The number of sulfonamides is 1. The van der Waals surface area contributed by atoms with E-state index in [0.717, 1.165) is 19.2 Å². The van der Waals surface area contributed by atoms with Crippen molar-refractivity contribution < 1.29 is 73.7 Å². The van der Waals surface area contributed by atoms with Gasteiger partial charge in [0.2, 0.25) is 40.2 Å². The lowest BCUT2D eigenvalue weighted by Gasteiger charge is -2.21. The zero-order valence-electron chi connectivity index (χ0n) is 21.8. The number of anilines is 1. The zero-order valence-corrected chi connectivity index (χ0v) is 22.6. The molecular formula is C23H21N5O15S. The monoisotopic (exact) mass is 639 g/mol. The fourth-order valence-corrected chi connectivity index (χ4v) is 4.31. The molecule has 0 bridgehead atoms. The van der Waals surface area contributed by atoms with Gasteiger partial charge in [0, 0.05) is 24.2 Å².